The van der Waals surface area contributed by atoms with Crippen LogP contribution in [0.25, 0.3) is 0 Å². The van der Waals surface area contributed by atoms with Crippen LogP contribution in [-0.2, 0) is 14.6 Å². The fourth-order valence-electron chi connectivity index (χ4n) is 2.36. The predicted octanol–water partition coefficient (Wildman–Crippen LogP) is 0.645. The Bertz CT molecular complexity index is 439. The van der Waals surface area contributed by atoms with Crippen molar-refractivity contribution >= 4 is 15.7 Å². The van der Waals surface area contributed by atoms with Crippen LogP contribution in [-0.4, -0.2) is 51.4 Å². The SMILES string of the molecule is CN(CC(C)(C)CN)C(=O)CC1(CS(C)(=O)=O)CC1. The molecule has 1 fully saturated rings. The van der Waals surface area contributed by atoms with Crippen LogP contribution in [0.4, 0.5) is 0 Å². The van der Waals surface area contributed by atoms with Gasteiger partial charge in [-0.3, -0.25) is 4.79 Å². The minimum atomic E-state index is -3.02. The zero-order valence-electron chi connectivity index (χ0n) is 12.4. The van der Waals surface area contributed by atoms with E-state index in [1.54, 1.807) is 11.9 Å². The molecule has 1 amide bonds. The molecule has 2 N–H and O–H groups in total. The first-order chi connectivity index (χ1) is 8.49. The Hall–Kier alpha value is -0.620. The Balaban J connectivity index is 2.56. The summed E-state index contributed by atoms with van der Waals surface area (Å²) in [6.45, 7) is 5.14. The molecular formula is C13H26N2O3S. The molecule has 0 aromatic rings. The van der Waals surface area contributed by atoms with E-state index in [0.717, 1.165) is 12.8 Å². The molecule has 1 aliphatic rings. The van der Waals surface area contributed by atoms with E-state index in [1.165, 1.54) is 6.26 Å². The van der Waals surface area contributed by atoms with Gasteiger partial charge in [-0.15, -0.1) is 0 Å². The molecule has 6 heteroatoms. The lowest BCUT2D eigenvalue weighted by molar-refractivity contribution is -0.132. The number of nitrogens with two attached hydrogens (primary N) is 1. The molecule has 0 heterocycles. The van der Waals surface area contributed by atoms with Crippen molar-refractivity contribution in [3.8, 4) is 0 Å². The molecule has 0 aromatic carbocycles. The van der Waals surface area contributed by atoms with Gasteiger partial charge in [0.25, 0.3) is 0 Å². The lowest BCUT2D eigenvalue weighted by atomic mass is 9.93. The van der Waals surface area contributed by atoms with Crippen molar-refractivity contribution in [2.45, 2.75) is 33.1 Å². The number of hydrogen-bond donors (Lipinski definition) is 1. The number of rotatable bonds is 7. The van der Waals surface area contributed by atoms with E-state index < -0.39 is 9.84 Å². The van der Waals surface area contributed by atoms with E-state index in [-0.39, 0.29) is 22.5 Å². The summed E-state index contributed by atoms with van der Waals surface area (Å²) in [6, 6.07) is 0. The van der Waals surface area contributed by atoms with Gasteiger partial charge in [-0.2, -0.15) is 0 Å². The average Bonchev–Trinajstić information content (AvgIpc) is 2.94. The van der Waals surface area contributed by atoms with Crippen LogP contribution in [0.5, 0.6) is 0 Å². The quantitative estimate of drug-likeness (QED) is 0.746. The maximum Gasteiger partial charge on any atom is 0.222 e. The van der Waals surface area contributed by atoms with Crippen molar-refractivity contribution in [3.05, 3.63) is 0 Å². The van der Waals surface area contributed by atoms with E-state index in [2.05, 4.69) is 0 Å². The van der Waals surface area contributed by atoms with Crippen LogP contribution >= 0.6 is 0 Å². The Morgan fingerprint density at radius 2 is 1.89 bits per heavy atom. The minimum Gasteiger partial charge on any atom is -0.345 e. The highest BCUT2D eigenvalue weighted by molar-refractivity contribution is 7.90. The number of amides is 1. The Morgan fingerprint density at radius 1 is 1.37 bits per heavy atom. The smallest absolute Gasteiger partial charge is 0.222 e. The molecular weight excluding hydrogens is 264 g/mol. The molecule has 0 saturated heterocycles. The van der Waals surface area contributed by atoms with E-state index in [9.17, 15) is 13.2 Å². The van der Waals surface area contributed by atoms with Crippen LogP contribution in [0.15, 0.2) is 0 Å². The van der Waals surface area contributed by atoms with Gasteiger partial charge < -0.3 is 10.6 Å². The highest BCUT2D eigenvalue weighted by Crippen LogP contribution is 2.50. The van der Waals surface area contributed by atoms with Gasteiger partial charge in [-0.25, -0.2) is 8.42 Å². The van der Waals surface area contributed by atoms with Crippen molar-refractivity contribution in [2.24, 2.45) is 16.6 Å². The predicted molar refractivity (Wildman–Crippen MR) is 76.5 cm³/mol. The molecule has 112 valence electrons. The molecule has 19 heavy (non-hydrogen) atoms. The normalized spacial score (nSPS) is 18.2. The zero-order valence-corrected chi connectivity index (χ0v) is 13.2. The summed E-state index contributed by atoms with van der Waals surface area (Å²) < 4.78 is 22.7. The average molecular weight is 290 g/mol. The van der Waals surface area contributed by atoms with Crippen molar-refractivity contribution in [2.75, 3.05) is 32.1 Å². The summed E-state index contributed by atoms with van der Waals surface area (Å²) in [4.78, 5) is 13.8. The summed E-state index contributed by atoms with van der Waals surface area (Å²) >= 11 is 0. The van der Waals surface area contributed by atoms with Crippen molar-refractivity contribution in [3.63, 3.8) is 0 Å². The van der Waals surface area contributed by atoms with Gasteiger partial charge in [0.15, 0.2) is 0 Å². The van der Waals surface area contributed by atoms with Crippen molar-refractivity contribution in [1.82, 2.24) is 4.90 Å². The molecule has 1 aliphatic carbocycles. The first-order valence-corrected chi connectivity index (χ1v) is 8.67. The number of carbonyl (C=O) groups is 1. The Kier molecular flexibility index (Phi) is 4.67. The summed E-state index contributed by atoms with van der Waals surface area (Å²) in [7, 11) is -1.26. The third kappa shape index (κ3) is 5.48. The zero-order chi connectivity index (χ0) is 14.9. The van der Waals surface area contributed by atoms with Gasteiger partial charge in [0.1, 0.15) is 9.84 Å². The van der Waals surface area contributed by atoms with Gasteiger partial charge in [0.2, 0.25) is 5.91 Å². The summed E-state index contributed by atoms with van der Waals surface area (Å²) in [5, 5.41) is 0. The second-order valence-corrected chi connectivity index (χ2v) is 9.01. The monoisotopic (exact) mass is 290 g/mol. The van der Waals surface area contributed by atoms with E-state index in [1.807, 2.05) is 13.8 Å². The second kappa shape index (κ2) is 5.40. The van der Waals surface area contributed by atoms with Crippen LogP contribution in [0.2, 0.25) is 0 Å². The van der Waals surface area contributed by atoms with Gasteiger partial charge in [0.05, 0.1) is 5.75 Å². The van der Waals surface area contributed by atoms with Gasteiger partial charge in [0, 0.05) is 26.3 Å². The topological polar surface area (TPSA) is 80.5 Å². The summed E-state index contributed by atoms with van der Waals surface area (Å²) in [5.74, 6) is 0.141. The standard InChI is InChI=1S/C13H26N2O3S/c1-12(2,8-14)9-15(3)11(16)7-13(5-6-13)10-19(4,17)18/h5-10,14H2,1-4H3. The lowest BCUT2D eigenvalue weighted by Gasteiger charge is -2.30. The molecule has 1 rings (SSSR count). The van der Waals surface area contributed by atoms with E-state index in [4.69, 9.17) is 5.73 Å². The number of carbonyl (C=O) groups excluding carboxylic acids is 1. The summed E-state index contributed by atoms with van der Waals surface area (Å²) in [5.41, 5.74) is 5.25. The molecule has 0 bridgehead atoms. The van der Waals surface area contributed by atoms with E-state index >= 15 is 0 Å². The first kappa shape index (κ1) is 16.4. The van der Waals surface area contributed by atoms with Gasteiger partial charge in [-0.1, -0.05) is 13.8 Å². The van der Waals surface area contributed by atoms with Crippen LogP contribution in [0, 0.1) is 10.8 Å². The maximum absolute atomic E-state index is 12.2. The lowest BCUT2D eigenvalue weighted by Crippen LogP contribution is -2.40. The minimum absolute atomic E-state index is 0.0164. The molecule has 0 spiro atoms. The van der Waals surface area contributed by atoms with Crippen molar-refractivity contribution < 1.29 is 13.2 Å². The molecule has 1 saturated carbocycles. The largest absolute Gasteiger partial charge is 0.345 e. The highest BCUT2D eigenvalue weighted by Gasteiger charge is 2.47. The Labute approximate surface area is 116 Å². The highest BCUT2D eigenvalue weighted by atomic mass is 32.2. The fraction of sp³-hybridized carbons (Fsp3) is 0.923. The number of hydrogen-bond acceptors (Lipinski definition) is 4. The fourth-order valence-corrected chi connectivity index (χ4v) is 3.86. The number of nitrogens with zero attached hydrogens (tertiary/aromatic N) is 1. The van der Waals surface area contributed by atoms with Crippen LogP contribution in [0.3, 0.4) is 0 Å². The Morgan fingerprint density at radius 3 is 2.26 bits per heavy atom. The van der Waals surface area contributed by atoms with Crippen molar-refractivity contribution in [1.29, 1.82) is 0 Å². The summed E-state index contributed by atoms with van der Waals surface area (Å²) in [6.07, 6.45) is 3.23. The maximum atomic E-state index is 12.2. The van der Waals surface area contributed by atoms with Gasteiger partial charge >= 0.3 is 0 Å². The molecule has 0 aromatic heterocycles. The molecule has 0 aliphatic heterocycles. The molecule has 5 nitrogen and oxygen atoms in total. The van der Waals surface area contributed by atoms with Gasteiger partial charge in [-0.05, 0) is 30.2 Å². The van der Waals surface area contributed by atoms with Crippen LogP contribution in [0.1, 0.15) is 33.1 Å². The molecule has 0 atom stereocenters. The van der Waals surface area contributed by atoms with Crippen LogP contribution < -0.4 is 5.73 Å². The van der Waals surface area contributed by atoms with E-state index in [0.29, 0.717) is 19.5 Å². The third-order valence-electron chi connectivity index (χ3n) is 3.70. The third-order valence-corrected chi connectivity index (χ3v) is 4.83. The second-order valence-electron chi connectivity index (χ2n) is 6.87. The molecule has 0 radical (unpaired) electrons. The number of sulfone groups is 1. The first-order valence-electron chi connectivity index (χ1n) is 6.60. The molecule has 0 unspecified atom stereocenters.